The SMILES string of the molecule is NCCOB(c1ccccc1)c1ccc(C(COCC(Cc2ccccc2B(OCCN)c2ccccc2)c2ccc(B(OCCN)c3ccccc3)cc2)Cc2ccccc2B(OCCN)c2ccccc2)cc1. The summed E-state index contributed by atoms with van der Waals surface area (Å²) in [7, 11) is 0. The smallest absolute Gasteiger partial charge is 0.361 e. The third kappa shape index (κ3) is 15.4. The van der Waals surface area contributed by atoms with Crippen molar-refractivity contribution in [3.63, 3.8) is 0 Å². The highest BCUT2D eigenvalue weighted by Crippen LogP contribution is 2.26. The summed E-state index contributed by atoms with van der Waals surface area (Å²) >= 11 is 0. The van der Waals surface area contributed by atoms with Gasteiger partial charge in [0.1, 0.15) is 0 Å². The van der Waals surface area contributed by atoms with Crippen LogP contribution < -0.4 is 66.6 Å². The first-order valence-electron chi connectivity index (χ1n) is 26.5. The van der Waals surface area contributed by atoms with Crippen LogP contribution in [0.15, 0.2) is 218 Å². The molecule has 9 nitrogen and oxygen atoms in total. The topological polar surface area (TPSA) is 150 Å². The van der Waals surface area contributed by atoms with E-state index in [0.717, 1.165) is 54.8 Å². The average molecular weight is 995 g/mol. The molecule has 8 N–H and O–H groups in total. The first-order valence-corrected chi connectivity index (χ1v) is 26.5. The van der Waals surface area contributed by atoms with Crippen LogP contribution in [0.5, 0.6) is 0 Å². The summed E-state index contributed by atoms with van der Waals surface area (Å²) in [4.78, 5) is 0. The van der Waals surface area contributed by atoms with Crippen LogP contribution in [0.4, 0.5) is 0 Å². The lowest BCUT2D eigenvalue weighted by Gasteiger charge is -2.25. The van der Waals surface area contributed by atoms with Gasteiger partial charge in [-0.2, -0.15) is 0 Å². The Balaban J connectivity index is 1.15. The van der Waals surface area contributed by atoms with Gasteiger partial charge in [0.05, 0.1) is 13.2 Å². The molecule has 2 unspecified atom stereocenters. The summed E-state index contributed by atoms with van der Waals surface area (Å²) < 4.78 is 33.0. The molecule has 380 valence electrons. The maximum absolute atomic E-state index is 7.14. The number of rotatable bonds is 30. The molecule has 0 spiro atoms. The second-order valence-corrected chi connectivity index (χ2v) is 18.9. The van der Waals surface area contributed by atoms with E-state index in [1.165, 1.54) is 11.1 Å². The Hall–Kier alpha value is -6.34. The molecule has 0 amide bonds. The summed E-state index contributed by atoms with van der Waals surface area (Å²) in [6.07, 6.45) is 1.42. The fourth-order valence-corrected chi connectivity index (χ4v) is 10.0. The lowest BCUT2D eigenvalue weighted by atomic mass is 9.53. The second kappa shape index (κ2) is 29.7. The van der Waals surface area contributed by atoms with Crippen molar-refractivity contribution in [3.05, 3.63) is 241 Å². The molecule has 2 atom stereocenters. The number of hydrogen-bond donors (Lipinski definition) is 4. The van der Waals surface area contributed by atoms with Crippen LogP contribution in [-0.4, -0.2) is 93.5 Å². The van der Waals surface area contributed by atoms with Crippen LogP contribution in [0.25, 0.3) is 0 Å². The van der Waals surface area contributed by atoms with Crippen molar-refractivity contribution < 1.29 is 23.4 Å². The lowest BCUT2D eigenvalue weighted by molar-refractivity contribution is 0.106. The summed E-state index contributed by atoms with van der Waals surface area (Å²) in [5.41, 5.74) is 37.4. The summed E-state index contributed by atoms with van der Waals surface area (Å²) in [5.74, 6) is -0.0555. The molecule has 13 heteroatoms. The predicted molar refractivity (Wildman–Crippen MR) is 315 cm³/mol. The van der Waals surface area contributed by atoms with Gasteiger partial charge in [0.15, 0.2) is 0 Å². The highest BCUT2D eigenvalue weighted by atomic mass is 16.5. The third-order valence-corrected chi connectivity index (χ3v) is 13.7. The van der Waals surface area contributed by atoms with E-state index in [2.05, 4.69) is 170 Å². The molecule has 0 bridgehead atoms. The van der Waals surface area contributed by atoms with E-state index in [0.29, 0.717) is 78.7 Å². The Kier molecular flexibility index (Phi) is 21.7. The molecule has 75 heavy (non-hydrogen) atoms. The van der Waals surface area contributed by atoms with Crippen LogP contribution >= 0.6 is 0 Å². The molecule has 0 fully saturated rings. The molecule has 0 heterocycles. The molecule has 0 saturated carbocycles. The largest absolute Gasteiger partial charge is 0.426 e. The van der Waals surface area contributed by atoms with Crippen molar-refractivity contribution >= 4 is 71.4 Å². The van der Waals surface area contributed by atoms with Crippen molar-refractivity contribution in [1.29, 1.82) is 0 Å². The molecule has 0 radical (unpaired) electrons. The van der Waals surface area contributed by atoms with Gasteiger partial charge in [-0.15, -0.1) is 0 Å². The van der Waals surface area contributed by atoms with Crippen molar-refractivity contribution in [2.24, 2.45) is 22.9 Å². The van der Waals surface area contributed by atoms with E-state index in [1.54, 1.807) is 0 Å². The van der Waals surface area contributed by atoms with Crippen LogP contribution in [0.1, 0.15) is 34.1 Å². The predicted octanol–water partition coefficient (Wildman–Crippen LogP) is 3.38. The van der Waals surface area contributed by atoms with E-state index in [9.17, 15) is 0 Å². The highest BCUT2D eigenvalue weighted by Gasteiger charge is 2.29. The Morgan fingerprint density at radius 1 is 0.293 bits per heavy atom. The molecule has 0 aliphatic carbocycles. The van der Waals surface area contributed by atoms with Crippen molar-refractivity contribution in [1.82, 2.24) is 0 Å². The standard InChI is InChI=1S/C62H70B4N4O5/c67-37-41-72-63(55-19-5-1-6-20-55)59-33-29-49(30-34-59)53(45-51-17-13-15-27-61(51)65(74-43-39-69)57-23-9-3-10-24-57)47-71-48-54(50-31-35-60(36-32-50)64(73-42-38-68)56-21-7-2-8-22-56)46-52-18-14-16-28-62(52)66(75-44-40-70)58-25-11-4-12-26-58/h1-36,53-54H,37-48,67-70H2. The minimum absolute atomic E-state index is 0.0278. The maximum Gasteiger partial charge on any atom is 0.361 e. The molecule has 0 aliphatic rings. The monoisotopic (exact) mass is 995 g/mol. The minimum atomic E-state index is -0.288. The Morgan fingerprint density at radius 3 is 0.880 bits per heavy atom. The highest BCUT2D eigenvalue weighted by molar-refractivity contribution is 6.81. The second-order valence-electron chi connectivity index (χ2n) is 18.9. The van der Waals surface area contributed by atoms with Crippen LogP contribution in [0, 0.1) is 0 Å². The number of hydrogen-bond acceptors (Lipinski definition) is 9. The zero-order valence-corrected chi connectivity index (χ0v) is 43.1. The van der Waals surface area contributed by atoms with E-state index >= 15 is 0 Å². The van der Waals surface area contributed by atoms with Crippen molar-refractivity contribution in [2.45, 2.75) is 24.7 Å². The van der Waals surface area contributed by atoms with Gasteiger partial charge in [-0.1, -0.05) is 218 Å². The Labute approximate surface area is 446 Å². The van der Waals surface area contributed by atoms with Gasteiger partial charge in [-0.3, -0.25) is 0 Å². The maximum atomic E-state index is 7.14. The van der Waals surface area contributed by atoms with Gasteiger partial charge in [0, 0.05) is 64.4 Å². The van der Waals surface area contributed by atoms with E-state index in [-0.39, 0.29) is 39.5 Å². The van der Waals surface area contributed by atoms with Crippen molar-refractivity contribution in [2.75, 3.05) is 65.8 Å². The quantitative estimate of drug-likeness (QED) is 0.0498. The Morgan fingerprint density at radius 2 is 0.560 bits per heavy atom. The molecule has 0 aromatic heterocycles. The van der Waals surface area contributed by atoms with Gasteiger partial charge < -0.3 is 46.3 Å². The lowest BCUT2D eigenvalue weighted by Crippen LogP contribution is -2.47. The van der Waals surface area contributed by atoms with Crippen LogP contribution in [0.3, 0.4) is 0 Å². The molecule has 8 rings (SSSR count). The van der Waals surface area contributed by atoms with Gasteiger partial charge >= 0.3 is 27.7 Å². The molecule has 8 aromatic rings. The van der Waals surface area contributed by atoms with Gasteiger partial charge in [0.25, 0.3) is 0 Å². The molecular formula is C62H70B4N4O5. The normalized spacial score (nSPS) is 12.0. The first kappa shape index (κ1) is 54.9. The van der Waals surface area contributed by atoms with Gasteiger partial charge in [0.2, 0.25) is 0 Å². The molecule has 0 aliphatic heterocycles. The zero-order chi connectivity index (χ0) is 51.9. The zero-order valence-electron chi connectivity index (χ0n) is 43.1. The van der Waals surface area contributed by atoms with E-state index < -0.39 is 0 Å². The average Bonchev–Trinajstić information content (AvgIpc) is 3.47. The number of benzene rings is 8. The fraction of sp³-hybridized carbons (Fsp3) is 0.226. The third-order valence-electron chi connectivity index (χ3n) is 13.7. The van der Waals surface area contributed by atoms with Gasteiger partial charge in [-0.05, 0) is 78.8 Å². The fourth-order valence-electron chi connectivity index (χ4n) is 10.0. The Bertz CT molecular complexity index is 2660. The number of nitrogens with two attached hydrogens (primary N) is 4. The molecule has 0 saturated heterocycles. The first-order chi connectivity index (χ1) is 37.1. The van der Waals surface area contributed by atoms with Crippen LogP contribution in [0.2, 0.25) is 0 Å². The number of ether oxygens (including phenoxy) is 1. The summed E-state index contributed by atoms with van der Waals surface area (Å²) in [6.45, 7) is 3.31. The molecule has 8 aromatic carbocycles. The van der Waals surface area contributed by atoms with E-state index in [1.807, 2.05) is 48.5 Å². The van der Waals surface area contributed by atoms with E-state index in [4.69, 9.17) is 46.3 Å². The summed E-state index contributed by atoms with van der Waals surface area (Å²) in [6, 6.07) is 76.4. The van der Waals surface area contributed by atoms with Crippen LogP contribution in [-0.2, 0) is 36.2 Å². The minimum Gasteiger partial charge on any atom is -0.426 e. The van der Waals surface area contributed by atoms with Gasteiger partial charge in [-0.25, -0.2) is 0 Å². The summed E-state index contributed by atoms with van der Waals surface area (Å²) in [5, 5.41) is 0. The molecular weight excluding hydrogens is 924 g/mol. The van der Waals surface area contributed by atoms with Crippen molar-refractivity contribution in [3.8, 4) is 0 Å².